The van der Waals surface area contributed by atoms with Gasteiger partial charge in [0.1, 0.15) is 0 Å². The predicted molar refractivity (Wildman–Crippen MR) is 79.9 cm³/mol. The maximum Gasteiger partial charge on any atom is 0.328 e. The summed E-state index contributed by atoms with van der Waals surface area (Å²) in [6.07, 6.45) is 2.76. The van der Waals surface area contributed by atoms with Gasteiger partial charge in [-0.1, -0.05) is 39.0 Å². The second-order valence-electron chi connectivity index (χ2n) is 5.86. The first-order chi connectivity index (χ1) is 8.71. The molecular weight excluding hydrogens is 238 g/mol. The zero-order valence-corrected chi connectivity index (χ0v) is 12.4. The molecule has 0 aliphatic carbocycles. The third kappa shape index (κ3) is 4.43. The normalized spacial score (nSPS) is 11.8. The third-order valence-electron chi connectivity index (χ3n) is 3.06. The summed E-state index contributed by atoms with van der Waals surface area (Å²) in [5.41, 5.74) is 4.91. The Hall–Kier alpha value is -1.77. The second-order valence-corrected chi connectivity index (χ2v) is 5.86. The molecule has 104 valence electrons. The molecule has 0 radical (unpaired) electrons. The summed E-state index contributed by atoms with van der Waals surface area (Å²) in [6.45, 7) is 11.3. The fourth-order valence-corrected chi connectivity index (χ4v) is 2.00. The lowest BCUT2D eigenvalue weighted by Gasteiger charge is -2.22. The standard InChI is InChI=1S/C16H23NO2/c1-11-9-13(16(3,4)5)10-12(2)15(11)17-8-6-7-14(18)19/h6-7,9-10,17H,8H2,1-5H3,(H,18,19)/b7-6+. The van der Waals surface area contributed by atoms with Crippen LogP contribution in [-0.4, -0.2) is 17.6 Å². The van der Waals surface area contributed by atoms with Crippen LogP contribution in [0.15, 0.2) is 24.3 Å². The zero-order chi connectivity index (χ0) is 14.6. The highest BCUT2D eigenvalue weighted by Gasteiger charge is 2.15. The van der Waals surface area contributed by atoms with Crippen LogP contribution in [0, 0.1) is 13.8 Å². The van der Waals surface area contributed by atoms with E-state index >= 15 is 0 Å². The summed E-state index contributed by atoms with van der Waals surface area (Å²) in [7, 11) is 0. The van der Waals surface area contributed by atoms with Gasteiger partial charge in [0, 0.05) is 18.3 Å². The predicted octanol–water partition coefficient (Wildman–Crippen LogP) is 3.65. The van der Waals surface area contributed by atoms with Crippen LogP contribution < -0.4 is 5.32 Å². The number of hydrogen-bond donors (Lipinski definition) is 2. The van der Waals surface area contributed by atoms with Crippen molar-refractivity contribution in [3.8, 4) is 0 Å². The van der Waals surface area contributed by atoms with Crippen molar-refractivity contribution in [2.45, 2.75) is 40.0 Å². The fourth-order valence-electron chi connectivity index (χ4n) is 2.00. The molecule has 0 fully saturated rings. The number of carbonyl (C=O) groups is 1. The summed E-state index contributed by atoms with van der Waals surface area (Å²) in [5, 5.41) is 11.8. The van der Waals surface area contributed by atoms with Gasteiger partial charge in [0.25, 0.3) is 0 Å². The van der Waals surface area contributed by atoms with Gasteiger partial charge in [0.2, 0.25) is 0 Å². The number of rotatable bonds is 4. The first-order valence-electron chi connectivity index (χ1n) is 6.47. The maximum atomic E-state index is 10.4. The van der Waals surface area contributed by atoms with Crippen LogP contribution in [0.4, 0.5) is 5.69 Å². The van der Waals surface area contributed by atoms with Crippen LogP contribution >= 0.6 is 0 Å². The van der Waals surface area contributed by atoms with E-state index in [0.717, 1.165) is 11.8 Å². The lowest BCUT2D eigenvalue weighted by atomic mass is 9.85. The first-order valence-corrected chi connectivity index (χ1v) is 6.47. The molecule has 0 aromatic heterocycles. The number of aliphatic carboxylic acids is 1. The summed E-state index contributed by atoms with van der Waals surface area (Å²) in [6, 6.07) is 4.38. The van der Waals surface area contributed by atoms with E-state index in [9.17, 15) is 4.79 Å². The van der Waals surface area contributed by atoms with Gasteiger partial charge >= 0.3 is 5.97 Å². The Bertz CT molecular complexity index is 473. The number of anilines is 1. The number of hydrogen-bond acceptors (Lipinski definition) is 2. The molecular formula is C16H23NO2. The molecule has 0 amide bonds. The lowest BCUT2D eigenvalue weighted by Crippen LogP contribution is -2.13. The minimum Gasteiger partial charge on any atom is -0.478 e. The van der Waals surface area contributed by atoms with Crippen molar-refractivity contribution in [1.29, 1.82) is 0 Å². The van der Waals surface area contributed by atoms with Gasteiger partial charge in [-0.3, -0.25) is 0 Å². The molecule has 0 aliphatic heterocycles. The Morgan fingerprint density at radius 1 is 1.26 bits per heavy atom. The smallest absolute Gasteiger partial charge is 0.328 e. The van der Waals surface area contributed by atoms with E-state index in [1.54, 1.807) is 6.08 Å². The van der Waals surface area contributed by atoms with Gasteiger partial charge in [-0.05, 0) is 36.0 Å². The van der Waals surface area contributed by atoms with E-state index in [-0.39, 0.29) is 5.41 Å². The van der Waals surface area contributed by atoms with E-state index < -0.39 is 5.97 Å². The molecule has 3 heteroatoms. The summed E-state index contributed by atoms with van der Waals surface area (Å²) in [4.78, 5) is 10.4. The van der Waals surface area contributed by atoms with Gasteiger partial charge in [0.15, 0.2) is 0 Å². The van der Waals surface area contributed by atoms with Crippen molar-refractivity contribution in [3.05, 3.63) is 41.0 Å². The van der Waals surface area contributed by atoms with Crippen molar-refractivity contribution in [2.24, 2.45) is 0 Å². The highest BCUT2D eigenvalue weighted by Crippen LogP contribution is 2.29. The molecule has 1 rings (SSSR count). The average Bonchev–Trinajstić information content (AvgIpc) is 2.25. The molecule has 0 unspecified atom stereocenters. The van der Waals surface area contributed by atoms with Crippen LogP contribution in [0.25, 0.3) is 0 Å². The van der Waals surface area contributed by atoms with Crippen LogP contribution in [0.2, 0.25) is 0 Å². The Labute approximate surface area is 115 Å². The van der Waals surface area contributed by atoms with Gasteiger partial charge in [-0.25, -0.2) is 4.79 Å². The molecule has 2 N–H and O–H groups in total. The minimum absolute atomic E-state index is 0.136. The quantitative estimate of drug-likeness (QED) is 0.813. The summed E-state index contributed by atoms with van der Waals surface area (Å²) >= 11 is 0. The number of carboxylic acid groups (broad SMARTS) is 1. The van der Waals surface area contributed by atoms with Crippen LogP contribution in [0.1, 0.15) is 37.5 Å². The van der Waals surface area contributed by atoms with E-state index in [4.69, 9.17) is 5.11 Å². The first kappa shape index (κ1) is 15.3. The molecule has 1 aromatic rings. The highest BCUT2D eigenvalue weighted by molar-refractivity contribution is 5.79. The maximum absolute atomic E-state index is 10.4. The van der Waals surface area contributed by atoms with Gasteiger partial charge in [-0.15, -0.1) is 0 Å². The molecule has 0 bridgehead atoms. The van der Waals surface area contributed by atoms with Crippen molar-refractivity contribution in [2.75, 3.05) is 11.9 Å². The van der Waals surface area contributed by atoms with E-state index in [1.165, 1.54) is 16.7 Å². The van der Waals surface area contributed by atoms with E-state index in [2.05, 4.69) is 52.1 Å². The Kier molecular flexibility index (Phi) is 4.76. The minimum atomic E-state index is -0.918. The van der Waals surface area contributed by atoms with E-state index in [0.29, 0.717) is 6.54 Å². The Morgan fingerprint density at radius 2 is 1.79 bits per heavy atom. The number of aryl methyl sites for hydroxylation is 2. The molecule has 0 aliphatic rings. The van der Waals surface area contributed by atoms with Gasteiger partial charge in [-0.2, -0.15) is 0 Å². The van der Waals surface area contributed by atoms with Crippen LogP contribution in [0.5, 0.6) is 0 Å². The molecule has 0 saturated carbocycles. The fraction of sp³-hybridized carbons (Fsp3) is 0.438. The topological polar surface area (TPSA) is 49.3 Å². The van der Waals surface area contributed by atoms with Crippen molar-refractivity contribution < 1.29 is 9.90 Å². The third-order valence-corrected chi connectivity index (χ3v) is 3.06. The molecule has 0 heterocycles. The Balaban J connectivity index is 2.89. The van der Waals surface area contributed by atoms with Crippen molar-refractivity contribution in [3.63, 3.8) is 0 Å². The monoisotopic (exact) mass is 261 g/mol. The van der Waals surface area contributed by atoms with Gasteiger partial charge < -0.3 is 10.4 Å². The average molecular weight is 261 g/mol. The lowest BCUT2D eigenvalue weighted by molar-refractivity contribution is -0.131. The number of benzene rings is 1. The molecule has 0 saturated heterocycles. The number of carboxylic acids is 1. The second kappa shape index (κ2) is 5.91. The van der Waals surface area contributed by atoms with Crippen LogP contribution in [-0.2, 0) is 10.2 Å². The molecule has 0 spiro atoms. The van der Waals surface area contributed by atoms with Crippen molar-refractivity contribution in [1.82, 2.24) is 0 Å². The molecule has 3 nitrogen and oxygen atoms in total. The SMILES string of the molecule is Cc1cc(C(C)(C)C)cc(C)c1NC/C=C/C(=O)O. The zero-order valence-electron chi connectivity index (χ0n) is 12.4. The molecule has 1 aromatic carbocycles. The summed E-state index contributed by atoms with van der Waals surface area (Å²) < 4.78 is 0. The molecule has 19 heavy (non-hydrogen) atoms. The summed E-state index contributed by atoms with van der Waals surface area (Å²) in [5.74, 6) is -0.918. The highest BCUT2D eigenvalue weighted by atomic mass is 16.4. The largest absolute Gasteiger partial charge is 0.478 e. The van der Waals surface area contributed by atoms with Crippen molar-refractivity contribution >= 4 is 11.7 Å². The van der Waals surface area contributed by atoms with E-state index in [1.807, 2.05) is 0 Å². The van der Waals surface area contributed by atoms with Gasteiger partial charge in [0.05, 0.1) is 0 Å². The molecule has 0 atom stereocenters. The Morgan fingerprint density at radius 3 is 2.21 bits per heavy atom. The van der Waals surface area contributed by atoms with Crippen LogP contribution in [0.3, 0.4) is 0 Å². The number of nitrogens with one attached hydrogen (secondary N) is 1.